The van der Waals surface area contributed by atoms with Gasteiger partial charge in [-0.25, -0.2) is 0 Å². The lowest BCUT2D eigenvalue weighted by Crippen LogP contribution is -2.13. The highest BCUT2D eigenvalue weighted by Crippen LogP contribution is 2.17. The van der Waals surface area contributed by atoms with Crippen LogP contribution >= 0.6 is 22.6 Å². The Morgan fingerprint density at radius 2 is 2.27 bits per heavy atom. The first-order valence-corrected chi connectivity index (χ1v) is 3.89. The number of anilines is 1. The number of nitrogens with two attached hydrogens (primary N) is 2. The Kier molecular flexibility index (Phi) is 2.03. The van der Waals surface area contributed by atoms with E-state index in [4.69, 9.17) is 11.5 Å². The maximum atomic E-state index is 10.7. The third kappa shape index (κ3) is 1.30. The SMILES string of the molecule is Cn1nc(C(N)=O)c(I)c1N. The molecule has 6 heteroatoms. The maximum absolute atomic E-state index is 10.7. The fourth-order valence-electron chi connectivity index (χ4n) is 0.669. The molecule has 11 heavy (non-hydrogen) atoms. The Labute approximate surface area is 76.9 Å². The molecule has 1 amide bonds. The van der Waals surface area contributed by atoms with Gasteiger partial charge in [-0.1, -0.05) is 0 Å². The lowest BCUT2D eigenvalue weighted by Gasteiger charge is -1.89. The summed E-state index contributed by atoms with van der Waals surface area (Å²) in [5.74, 6) is -0.0962. The molecule has 1 heterocycles. The number of primary amides is 1. The van der Waals surface area contributed by atoms with Crippen molar-refractivity contribution in [1.82, 2.24) is 9.78 Å². The molecule has 0 saturated heterocycles. The molecule has 1 aromatic heterocycles. The van der Waals surface area contributed by atoms with Gasteiger partial charge in [0.05, 0.1) is 3.57 Å². The average molecular weight is 266 g/mol. The summed E-state index contributed by atoms with van der Waals surface area (Å²) in [6.45, 7) is 0. The highest BCUT2D eigenvalue weighted by atomic mass is 127. The quantitative estimate of drug-likeness (QED) is 0.684. The van der Waals surface area contributed by atoms with Gasteiger partial charge in [0.2, 0.25) is 0 Å². The zero-order chi connectivity index (χ0) is 8.59. The van der Waals surface area contributed by atoms with Crippen LogP contribution in [-0.4, -0.2) is 15.7 Å². The van der Waals surface area contributed by atoms with Crippen molar-refractivity contribution in [1.29, 1.82) is 0 Å². The summed E-state index contributed by atoms with van der Waals surface area (Å²) in [5.41, 5.74) is 10.8. The summed E-state index contributed by atoms with van der Waals surface area (Å²) in [5, 5.41) is 3.82. The fraction of sp³-hybridized carbons (Fsp3) is 0.200. The summed E-state index contributed by atoms with van der Waals surface area (Å²) >= 11 is 1.93. The van der Waals surface area contributed by atoms with Gasteiger partial charge in [0.1, 0.15) is 5.82 Å². The van der Waals surface area contributed by atoms with Crippen LogP contribution in [0.15, 0.2) is 0 Å². The molecule has 1 rings (SSSR count). The molecule has 0 atom stereocenters. The number of carbonyl (C=O) groups is 1. The van der Waals surface area contributed by atoms with E-state index in [1.54, 1.807) is 7.05 Å². The highest BCUT2D eigenvalue weighted by Gasteiger charge is 2.14. The normalized spacial score (nSPS) is 10.0. The van der Waals surface area contributed by atoms with Crippen molar-refractivity contribution < 1.29 is 4.79 Å². The largest absolute Gasteiger partial charge is 0.383 e. The molecule has 0 aromatic carbocycles. The van der Waals surface area contributed by atoms with Gasteiger partial charge in [0.15, 0.2) is 5.69 Å². The molecule has 0 aliphatic carbocycles. The van der Waals surface area contributed by atoms with E-state index >= 15 is 0 Å². The third-order valence-electron chi connectivity index (χ3n) is 1.26. The van der Waals surface area contributed by atoms with Crippen LogP contribution in [0.1, 0.15) is 10.5 Å². The summed E-state index contributed by atoms with van der Waals surface area (Å²) in [6.07, 6.45) is 0. The smallest absolute Gasteiger partial charge is 0.270 e. The number of aromatic nitrogens is 2. The van der Waals surface area contributed by atoms with Crippen LogP contribution in [0.3, 0.4) is 0 Å². The zero-order valence-corrected chi connectivity index (χ0v) is 7.99. The molecule has 0 bridgehead atoms. The number of hydrogen-bond donors (Lipinski definition) is 2. The molecule has 4 N–H and O–H groups in total. The van der Waals surface area contributed by atoms with Gasteiger partial charge < -0.3 is 11.5 Å². The number of amides is 1. The van der Waals surface area contributed by atoms with Crippen molar-refractivity contribution in [3.63, 3.8) is 0 Å². The van der Waals surface area contributed by atoms with Gasteiger partial charge in [-0.05, 0) is 22.6 Å². The van der Waals surface area contributed by atoms with Gasteiger partial charge in [0.25, 0.3) is 5.91 Å². The topological polar surface area (TPSA) is 86.9 Å². The van der Waals surface area contributed by atoms with Crippen molar-refractivity contribution in [3.05, 3.63) is 9.26 Å². The Morgan fingerprint density at radius 3 is 2.45 bits per heavy atom. The van der Waals surface area contributed by atoms with Crippen molar-refractivity contribution in [2.24, 2.45) is 12.8 Å². The van der Waals surface area contributed by atoms with E-state index in [1.807, 2.05) is 22.6 Å². The van der Waals surface area contributed by atoms with Gasteiger partial charge >= 0.3 is 0 Å². The molecule has 0 aliphatic heterocycles. The molecule has 0 unspecified atom stereocenters. The average Bonchev–Trinajstić information content (AvgIpc) is 2.17. The van der Waals surface area contributed by atoms with Crippen LogP contribution in [0.2, 0.25) is 0 Å². The molecule has 0 aliphatic rings. The van der Waals surface area contributed by atoms with Crippen molar-refractivity contribution in [2.45, 2.75) is 0 Å². The van der Waals surface area contributed by atoms with Crippen LogP contribution in [0.25, 0.3) is 0 Å². The first-order chi connectivity index (χ1) is 5.04. The van der Waals surface area contributed by atoms with E-state index < -0.39 is 5.91 Å². The maximum Gasteiger partial charge on any atom is 0.270 e. The monoisotopic (exact) mass is 266 g/mol. The summed E-state index contributed by atoms with van der Waals surface area (Å²) in [7, 11) is 1.66. The van der Waals surface area contributed by atoms with Crippen LogP contribution < -0.4 is 11.5 Å². The van der Waals surface area contributed by atoms with E-state index in [2.05, 4.69) is 5.10 Å². The Morgan fingerprint density at radius 1 is 1.73 bits per heavy atom. The molecule has 0 spiro atoms. The second-order valence-electron chi connectivity index (χ2n) is 2.04. The second kappa shape index (κ2) is 2.68. The van der Waals surface area contributed by atoms with E-state index in [1.165, 1.54) is 4.68 Å². The number of nitrogens with zero attached hydrogens (tertiary/aromatic N) is 2. The number of halogens is 1. The zero-order valence-electron chi connectivity index (χ0n) is 5.84. The third-order valence-corrected chi connectivity index (χ3v) is 2.33. The number of aryl methyl sites for hydroxylation is 1. The molecule has 0 radical (unpaired) electrons. The first-order valence-electron chi connectivity index (χ1n) is 2.81. The molecule has 60 valence electrons. The Hall–Kier alpha value is -0.790. The lowest BCUT2D eigenvalue weighted by atomic mass is 10.4. The second-order valence-corrected chi connectivity index (χ2v) is 3.11. The minimum absolute atomic E-state index is 0.227. The highest BCUT2D eigenvalue weighted by molar-refractivity contribution is 14.1. The number of hydrogen-bond acceptors (Lipinski definition) is 3. The molecule has 5 nitrogen and oxygen atoms in total. The number of carbonyl (C=O) groups excluding carboxylic acids is 1. The van der Waals surface area contributed by atoms with E-state index in [-0.39, 0.29) is 5.69 Å². The summed E-state index contributed by atoms with van der Waals surface area (Å²) < 4.78 is 2.03. The number of rotatable bonds is 1. The fourth-order valence-corrected chi connectivity index (χ4v) is 1.39. The Balaban J connectivity index is 3.29. The van der Waals surface area contributed by atoms with E-state index in [0.29, 0.717) is 9.39 Å². The van der Waals surface area contributed by atoms with Crippen molar-refractivity contribution in [3.8, 4) is 0 Å². The summed E-state index contributed by atoms with van der Waals surface area (Å²) in [4.78, 5) is 10.7. The summed E-state index contributed by atoms with van der Waals surface area (Å²) in [6, 6.07) is 0. The van der Waals surface area contributed by atoms with Crippen LogP contribution in [-0.2, 0) is 7.05 Å². The van der Waals surface area contributed by atoms with Gasteiger partial charge in [-0.3, -0.25) is 9.48 Å². The first kappa shape index (κ1) is 8.31. The van der Waals surface area contributed by atoms with Crippen LogP contribution in [0.4, 0.5) is 5.82 Å². The minimum Gasteiger partial charge on any atom is -0.383 e. The standard InChI is InChI=1S/C5H7IN4O/c1-10-4(7)2(6)3(9-10)5(8)11/h7H2,1H3,(H2,8,11). The van der Waals surface area contributed by atoms with Gasteiger partial charge in [0, 0.05) is 7.05 Å². The van der Waals surface area contributed by atoms with E-state index in [0.717, 1.165) is 0 Å². The molecular formula is C5H7IN4O. The molecule has 1 aromatic rings. The lowest BCUT2D eigenvalue weighted by molar-refractivity contribution is 0.0994. The van der Waals surface area contributed by atoms with Crippen molar-refractivity contribution in [2.75, 3.05) is 5.73 Å². The minimum atomic E-state index is -0.554. The van der Waals surface area contributed by atoms with Crippen molar-refractivity contribution >= 4 is 34.3 Å². The van der Waals surface area contributed by atoms with Gasteiger partial charge in [-0.15, -0.1) is 0 Å². The molecule has 0 saturated carbocycles. The predicted octanol–water partition coefficient (Wildman–Crippen LogP) is -0.294. The van der Waals surface area contributed by atoms with Gasteiger partial charge in [-0.2, -0.15) is 5.10 Å². The van der Waals surface area contributed by atoms with E-state index in [9.17, 15) is 4.79 Å². The predicted molar refractivity (Wildman–Crippen MR) is 48.9 cm³/mol. The van der Waals surface area contributed by atoms with Crippen LogP contribution in [0.5, 0.6) is 0 Å². The molecular weight excluding hydrogens is 259 g/mol. The number of nitrogen functional groups attached to an aromatic ring is 1. The molecule has 0 fully saturated rings. The Bertz CT molecular complexity index is 306. The van der Waals surface area contributed by atoms with Crippen LogP contribution in [0, 0.1) is 3.57 Å².